The molecule has 41 heavy (non-hydrogen) atoms. The summed E-state index contributed by atoms with van der Waals surface area (Å²) >= 11 is 0. The van der Waals surface area contributed by atoms with Crippen LogP contribution in [0.2, 0.25) is 0 Å². The van der Waals surface area contributed by atoms with E-state index in [1.807, 2.05) is 0 Å². The molecule has 1 saturated heterocycles. The van der Waals surface area contributed by atoms with Gasteiger partial charge in [0.25, 0.3) is 0 Å². The van der Waals surface area contributed by atoms with E-state index < -0.39 is 53.0 Å². The van der Waals surface area contributed by atoms with Crippen molar-refractivity contribution in [3.8, 4) is 0 Å². The molecular formula is C28H31F7N4O2. The lowest BCUT2D eigenvalue weighted by molar-refractivity contribution is -0.143. The molecular weight excluding hydrogens is 557 g/mol. The molecule has 0 radical (unpaired) electrons. The predicted octanol–water partition coefficient (Wildman–Crippen LogP) is 5.86. The van der Waals surface area contributed by atoms with Gasteiger partial charge in [-0.25, -0.2) is 9.18 Å². The van der Waals surface area contributed by atoms with Gasteiger partial charge < -0.3 is 15.5 Å². The average Bonchev–Trinajstić information content (AvgIpc) is 3.36. The molecule has 1 saturated carbocycles. The molecule has 13 heteroatoms. The number of benzene rings is 2. The first-order chi connectivity index (χ1) is 19.1. The van der Waals surface area contributed by atoms with E-state index in [9.17, 15) is 40.3 Å². The van der Waals surface area contributed by atoms with Crippen molar-refractivity contribution in [2.75, 3.05) is 32.1 Å². The molecule has 2 N–H and O–H groups in total. The van der Waals surface area contributed by atoms with Crippen molar-refractivity contribution >= 4 is 17.6 Å². The molecule has 0 aromatic heterocycles. The molecule has 2 aliphatic rings. The molecule has 2 atom stereocenters. The molecule has 0 unspecified atom stereocenters. The van der Waals surface area contributed by atoms with Crippen molar-refractivity contribution in [2.45, 2.75) is 56.0 Å². The van der Waals surface area contributed by atoms with E-state index in [2.05, 4.69) is 0 Å². The number of halogens is 7. The number of carbonyl (C=O) groups excluding carboxylic acids is 2. The minimum absolute atomic E-state index is 0.00527. The van der Waals surface area contributed by atoms with Crippen molar-refractivity contribution in [1.29, 1.82) is 0 Å². The molecule has 3 amide bonds. The van der Waals surface area contributed by atoms with E-state index in [4.69, 9.17) is 5.73 Å². The van der Waals surface area contributed by atoms with Crippen molar-refractivity contribution in [1.82, 2.24) is 9.80 Å². The first-order valence-electron chi connectivity index (χ1n) is 13.2. The van der Waals surface area contributed by atoms with Gasteiger partial charge in [0.1, 0.15) is 5.82 Å². The highest BCUT2D eigenvalue weighted by molar-refractivity contribution is 5.92. The number of likely N-dealkylation sites (tertiary alicyclic amines) is 1. The second-order valence-electron chi connectivity index (χ2n) is 10.8. The Morgan fingerprint density at radius 2 is 1.39 bits per heavy atom. The fraction of sp³-hybridized carbons (Fsp3) is 0.500. The number of hydrogen-bond donors (Lipinski definition) is 1. The summed E-state index contributed by atoms with van der Waals surface area (Å²) in [6, 6.07) is 5.00. The number of amides is 3. The van der Waals surface area contributed by atoms with Gasteiger partial charge in [-0.05, 0) is 61.6 Å². The zero-order valence-electron chi connectivity index (χ0n) is 22.5. The number of likely N-dealkylation sites (N-methyl/N-ethyl adjacent to an activating group) is 1. The zero-order valence-corrected chi connectivity index (χ0v) is 22.5. The Labute approximate surface area is 232 Å². The molecule has 0 spiro atoms. The lowest BCUT2D eigenvalue weighted by Gasteiger charge is -2.33. The van der Waals surface area contributed by atoms with Crippen molar-refractivity contribution < 1.29 is 40.3 Å². The number of carbonyl (C=O) groups is 2. The van der Waals surface area contributed by atoms with Gasteiger partial charge in [-0.2, -0.15) is 26.3 Å². The number of anilines is 1. The van der Waals surface area contributed by atoms with Crippen LogP contribution >= 0.6 is 0 Å². The Hall–Kier alpha value is -3.35. The second kappa shape index (κ2) is 11.5. The van der Waals surface area contributed by atoms with Gasteiger partial charge in [0, 0.05) is 50.7 Å². The topological polar surface area (TPSA) is 69.9 Å². The lowest BCUT2D eigenvalue weighted by Crippen LogP contribution is -2.48. The van der Waals surface area contributed by atoms with Crippen LogP contribution in [0.3, 0.4) is 0 Å². The maximum Gasteiger partial charge on any atom is 0.416 e. The summed E-state index contributed by atoms with van der Waals surface area (Å²) in [5.41, 5.74) is 2.93. The molecule has 4 rings (SSSR count). The Bertz CT molecular complexity index is 1230. The van der Waals surface area contributed by atoms with Crippen LogP contribution in [0.5, 0.6) is 0 Å². The minimum Gasteiger partial charge on any atom is -0.340 e. The van der Waals surface area contributed by atoms with Crippen LogP contribution in [-0.4, -0.2) is 61.0 Å². The van der Waals surface area contributed by atoms with Gasteiger partial charge in [0.15, 0.2) is 0 Å². The Morgan fingerprint density at radius 3 is 1.90 bits per heavy atom. The van der Waals surface area contributed by atoms with Gasteiger partial charge in [-0.1, -0.05) is 12.1 Å². The Morgan fingerprint density at radius 1 is 0.854 bits per heavy atom. The highest BCUT2D eigenvalue weighted by Crippen LogP contribution is 2.39. The number of nitrogens with zero attached hydrogens (tertiary/aromatic N) is 3. The SMILES string of the molecule is CN(C(=O)N(C)[C@@H]1CN(C(=O)C2CCC(N)CC2)C[C@H]1c1ccc(F)cc1)c1cc(C(F)(F)F)cc(C(F)(F)F)c1. The van der Waals surface area contributed by atoms with Crippen LogP contribution in [-0.2, 0) is 17.1 Å². The van der Waals surface area contributed by atoms with Gasteiger partial charge >= 0.3 is 18.4 Å². The van der Waals surface area contributed by atoms with Gasteiger partial charge in [-0.15, -0.1) is 0 Å². The molecule has 2 fully saturated rings. The summed E-state index contributed by atoms with van der Waals surface area (Å²) in [4.78, 5) is 30.5. The normalized spacial score (nSPS) is 23.4. The quantitative estimate of drug-likeness (QED) is 0.455. The summed E-state index contributed by atoms with van der Waals surface area (Å²) in [7, 11) is 2.47. The first-order valence-corrected chi connectivity index (χ1v) is 13.2. The number of urea groups is 1. The number of nitrogens with two attached hydrogens (primary N) is 1. The molecule has 6 nitrogen and oxygen atoms in total. The molecule has 1 heterocycles. The van der Waals surface area contributed by atoms with Crippen LogP contribution in [0, 0.1) is 11.7 Å². The maximum atomic E-state index is 13.7. The highest BCUT2D eigenvalue weighted by atomic mass is 19.4. The van der Waals surface area contributed by atoms with E-state index in [1.54, 1.807) is 4.90 Å². The van der Waals surface area contributed by atoms with Crippen molar-refractivity contribution in [3.63, 3.8) is 0 Å². The lowest BCUT2D eigenvalue weighted by atomic mass is 9.85. The van der Waals surface area contributed by atoms with E-state index in [1.165, 1.54) is 36.2 Å². The minimum atomic E-state index is -5.07. The van der Waals surface area contributed by atoms with E-state index in [0.29, 0.717) is 43.4 Å². The second-order valence-corrected chi connectivity index (χ2v) is 10.8. The molecule has 2 aromatic rings. The first kappa shape index (κ1) is 30.6. The van der Waals surface area contributed by atoms with E-state index >= 15 is 0 Å². The summed E-state index contributed by atoms with van der Waals surface area (Å²) in [6.07, 6.45) is -7.50. The largest absolute Gasteiger partial charge is 0.416 e. The fourth-order valence-corrected chi connectivity index (χ4v) is 5.64. The summed E-state index contributed by atoms with van der Waals surface area (Å²) < 4.78 is 94.1. The molecule has 0 bridgehead atoms. The average molecular weight is 589 g/mol. The number of hydrogen-bond acceptors (Lipinski definition) is 3. The van der Waals surface area contributed by atoms with Crippen molar-refractivity contribution in [2.24, 2.45) is 11.7 Å². The molecule has 224 valence electrons. The summed E-state index contributed by atoms with van der Waals surface area (Å²) in [5, 5.41) is 0. The van der Waals surface area contributed by atoms with Crippen LogP contribution in [0.4, 0.5) is 41.2 Å². The maximum absolute atomic E-state index is 13.7. The van der Waals surface area contributed by atoms with Crippen LogP contribution < -0.4 is 10.6 Å². The third-order valence-electron chi connectivity index (χ3n) is 8.07. The van der Waals surface area contributed by atoms with Gasteiger partial charge in [0.2, 0.25) is 5.91 Å². The Balaban J connectivity index is 1.62. The van der Waals surface area contributed by atoms with Crippen LogP contribution in [0.25, 0.3) is 0 Å². The fourth-order valence-electron chi connectivity index (χ4n) is 5.64. The number of alkyl halides is 6. The molecule has 2 aromatic carbocycles. The predicted molar refractivity (Wildman–Crippen MR) is 137 cm³/mol. The zero-order chi connectivity index (χ0) is 30.3. The summed E-state index contributed by atoms with van der Waals surface area (Å²) in [5.74, 6) is -1.30. The van der Waals surface area contributed by atoms with Gasteiger partial charge in [0.05, 0.1) is 17.2 Å². The van der Waals surface area contributed by atoms with Crippen molar-refractivity contribution in [3.05, 3.63) is 65.0 Å². The third kappa shape index (κ3) is 6.77. The van der Waals surface area contributed by atoms with E-state index in [-0.39, 0.29) is 37.0 Å². The van der Waals surface area contributed by atoms with Crippen LogP contribution in [0.15, 0.2) is 42.5 Å². The smallest absolute Gasteiger partial charge is 0.340 e. The Kier molecular flexibility index (Phi) is 8.58. The third-order valence-corrected chi connectivity index (χ3v) is 8.07. The van der Waals surface area contributed by atoms with E-state index in [0.717, 1.165) is 11.9 Å². The summed E-state index contributed by atoms with van der Waals surface area (Å²) in [6.45, 7) is 0.302. The van der Waals surface area contributed by atoms with Crippen LogP contribution in [0.1, 0.15) is 48.3 Å². The highest BCUT2D eigenvalue weighted by Gasteiger charge is 2.43. The molecule has 1 aliphatic heterocycles. The standard InChI is InChI=1S/C28H31F7N4O2/c1-37(22-12-18(27(30,31)32)11-19(13-22)28(33,34)35)26(41)38(2)24-15-39(25(40)17-5-9-21(36)10-6-17)14-23(24)16-3-7-20(29)8-4-16/h3-4,7-8,11-13,17,21,23-24H,5-6,9-10,14-15,36H2,1-2H3/t17?,21?,23-,24+/m0/s1. The van der Waals surface area contributed by atoms with Gasteiger partial charge in [-0.3, -0.25) is 9.69 Å². The molecule has 1 aliphatic carbocycles. The monoisotopic (exact) mass is 588 g/mol. The number of rotatable bonds is 4.